The van der Waals surface area contributed by atoms with Gasteiger partial charge in [-0.25, -0.2) is 14.8 Å². The first-order chi connectivity index (χ1) is 15.7. The van der Waals surface area contributed by atoms with Crippen molar-refractivity contribution in [3.63, 3.8) is 0 Å². The maximum atomic E-state index is 12.9. The van der Waals surface area contributed by atoms with Crippen LogP contribution in [0.2, 0.25) is 0 Å². The number of rotatable bonds is 5. The molecule has 2 aliphatic heterocycles. The summed E-state index contributed by atoms with van der Waals surface area (Å²) in [7, 11) is -0.495. The normalized spacial score (nSPS) is 22.9. The fraction of sp³-hybridized carbons (Fsp3) is 0.739. The van der Waals surface area contributed by atoms with E-state index in [1.807, 2.05) is 27.7 Å². The fourth-order valence-electron chi connectivity index (χ4n) is 3.69. The zero-order valence-electron chi connectivity index (χ0n) is 21.5. The molecule has 2 saturated heterocycles. The molecule has 2 amide bonds. The second-order valence-corrected chi connectivity index (χ2v) is 12.2. The largest absolute Gasteiger partial charge is 0.498 e. The highest BCUT2D eigenvalue weighted by Crippen LogP contribution is 2.36. The predicted octanol–water partition coefficient (Wildman–Crippen LogP) is 2.77. The van der Waals surface area contributed by atoms with Crippen LogP contribution < -0.4 is 10.8 Å². The number of hydrogen-bond donors (Lipinski definition) is 1. The summed E-state index contributed by atoms with van der Waals surface area (Å²) in [6, 6.07) is -0.658. The van der Waals surface area contributed by atoms with Crippen molar-refractivity contribution in [2.45, 2.75) is 101 Å². The van der Waals surface area contributed by atoms with Gasteiger partial charge in [-0.15, -0.1) is 0 Å². The Labute approximate surface area is 207 Å². The van der Waals surface area contributed by atoms with E-state index in [1.165, 1.54) is 0 Å². The maximum absolute atomic E-state index is 12.9. The number of piperidine rings is 1. The number of nitrogens with zero attached hydrogens (tertiary/aromatic N) is 3. The van der Waals surface area contributed by atoms with Crippen molar-refractivity contribution in [1.29, 1.82) is 0 Å². The number of hydrogen-bond acceptors (Lipinski definition) is 8. The Morgan fingerprint density at radius 1 is 1.21 bits per heavy atom. The molecule has 2 unspecified atom stereocenters. The number of likely N-dealkylation sites (tertiary alicyclic amines) is 1. The second kappa shape index (κ2) is 10.0. The van der Waals surface area contributed by atoms with Gasteiger partial charge >= 0.3 is 13.2 Å². The van der Waals surface area contributed by atoms with E-state index in [0.717, 1.165) is 18.3 Å². The van der Waals surface area contributed by atoms with Crippen molar-refractivity contribution in [2.75, 3.05) is 13.1 Å². The van der Waals surface area contributed by atoms with Gasteiger partial charge in [0.15, 0.2) is 5.16 Å². The molecule has 3 rings (SSSR count). The van der Waals surface area contributed by atoms with Crippen LogP contribution >= 0.6 is 11.8 Å². The summed E-state index contributed by atoms with van der Waals surface area (Å²) in [5.41, 5.74) is -0.667. The van der Waals surface area contributed by atoms with E-state index in [9.17, 15) is 9.59 Å². The Balaban J connectivity index is 1.54. The molecule has 2 aliphatic rings. The zero-order chi connectivity index (χ0) is 25.3. The summed E-state index contributed by atoms with van der Waals surface area (Å²) in [6.07, 6.45) is 4.75. The standard InChI is InChI=1S/C23H37BN4O5S/c1-15(27-20(30)31-21(2,3)4)18(29)28-11-9-10-17(14-28)34-19-25-12-16(13-26-19)24-32-22(5,6)23(7,8)33-24/h12-13,15,17H,9-11,14H2,1-8H3,(H,27,30). The van der Waals surface area contributed by atoms with Crippen molar-refractivity contribution in [1.82, 2.24) is 20.2 Å². The van der Waals surface area contributed by atoms with E-state index in [1.54, 1.807) is 56.8 Å². The van der Waals surface area contributed by atoms with Crippen LogP contribution in [-0.2, 0) is 18.8 Å². The summed E-state index contributed by atoms with van der Waals surface area (Å²) in [5.74, 6) is -0.117. The molecule has 0 radical (unpaired) electrons. The number of carbonyl (C=O) groups excluding carboxylic acids is 2. The lowest BCUT2D eigenvalue weighted by molar-refractivity contribution is -0.133. The third kappa shape index (κ3) is 6.63. The molecule has 1 aromatic rings. The Morgan fingerprint density at radius 2 is 1.79 bits per heavy atom. The Bertz CT molecular complexity index is 874. The Morgan fingerprint density at radius 3 is 2.35 bits per heavy atom. The van der Waals surface area contributed by atoms with Crippen molar-refractivity contribution in [3.8, 4) is 0 Å². The lowest BCUT2D eigenvalue weighted by atomic mass is 9.81. The molecule has 0 aliphatic carbocycles. The molecule has 1 N–H and O–H groups in total. The van der Waals surface area contributed by atoms with Crippen molar-refractivity contribution >= 4 is 36.3 Å². The quantitative estimate of drug-likeness (QED) is 0.495. The van der Waals surface area contributed by atoms with Crippen LogP contribution in [0, 0.1) is 0 Å². The molecule has 188 valence electrons. The molecule has 0 saturated carbocycles. The smallest absolute Gasteiger partial charge is 0.444 e. The highest BCUT2D eigenvalue weighted by atomic mass is 32.2. The molecule has 1 aromatic heterocycles. The SMILES string of the molecule is CC(NC(=O)OC(C)(C)C)C(=O)N1CCCC(Sc2ncc(B3OC(C)(C)C(C)(C)O3)cn2)C1. The fourth-order valence-corrected chi connectivity index (χ4v) is 4.76. The minimum Gasteiger partial charge on any atom is -0.444 e. The number of nitrogens with one attached hydrogen (secondary N) is 1. The number of carbonyl (C=O) groups is 2. The lowest BCUT2D eigenvalue weighted by Gasteiger charge is -2.34. The molecular weight excluding hydrogens is 455 g/mol. The lowest BCUT2D eigenvalue weighted by Crippen LogP contribution is -2.51. The zero-order valence-corrected chi connectivity index (χ0v) is 22.3. The van der Waals surface area contributed by atoms with E-state index < -0.39 is 36.1 Å². The molecule has 0 spiro atoms. The average Bonchev–Trinajstić information content (AvgIpc) is 2.93. The Kier molecular flexibility index (Phi) is 7.89. The number of amides is 2. The molecule has 2 atom stereocenters. The summed E-state index contributed by atoms with van der Waals surface area (Å²) < 4.78 is 17.4. The van der Waals surface area contributed by atoms with Gasteiger partial charge in [0.1, 0.15) is 11.6 Å². The minimum absolute atomic E-state index is 0.117. The monoisotopic (exact) mass is 492 g/mol. The minimum atomic E-state index is -0.658. The first kappa shape index (κ1) is 26.8. The molecule has 0 bridgehead atoms. The van der Waals surface area contributed by atoms with Crippen LogP contribution in [0.5, 0.6) is 0 Å². The van der Waals surface area contributed by atoms with Crippen LogP contribution in [0.25, 0.3) is 0 Å². The van der Waals surface area contributed by atoms with Gasteiger partial charge in [0.2, 0.25) is 5.91 Å². The van der Waals surface area contributed by atoms with Crippen LogP contribution in [0.1, 0.15) is 68.2 Å². The summed E-state index contributed by atoms with van der Waals surface area (Å²) in [4.78, 5) is 35.7. The number of thioether (sulfide) groups is 1. The maximum Gasteiger partial charge on any atom is 0.498 e. The van der Waals surface area contributed by atoms with Crippen molar-refractivity contribution in [2.24, 2.45) is 0 Å². The molecule has 3 heterocycles. The third-order valence-electron chi connectivity index (χ3n) is 6.24. The topological polar surface area (TPSA) is 103 Å². The van der Waals surface area contributed by atoms with Gasteiger partial charge in [0.25, 0.3) is 0 Å². The van der Waals surface area contributed by atoms with E-state index >= 15 is 0 Å². The first-order valence-corrected chi connectivity index (χ1v) is 12.7. The average molecular weight is 492 g/mol. The van der Waals surface area contributed by atoms with Crippen molar-refractivity contribution < 1.29 is 23.6 Å². The van der Waals surface area contributed by atoms with Crippen LogP contribution in [0.4, 0.5) is 4.79 Å². The van der Waals surface area contributed by atoms with Crippen LogP contribution in [-0.4, -0.2) is 75.2 Å². The van der Waals surface area contributed by atoms with Gasteiger partial charge < -0.3 is 24.3 Å². The summed E-state index contributed by atoms with van der Waals surface area (Å²) >= 11 is 1.56. The van der Waals surface area contributed by atoms with Gasteiger partial charge in [-0.2, -0.15) is 0 Å². The molecule has 0 aromatic carbocycles. The van der Waals surface area contributed by atoms with Gasteiger partial charge in [-0.05, 0) is 68.2 Å². The van der Waals surface area contributed by atoms with E-state index in [-0.39, 0.29) is 11.2 Å². The van der Waals surface area contributed by atoms with E-state index in [4.69, 9.17) is 14.0 Å². The first-order valence-electron chi connectivity index (χ1n) is 11.8. The number of ether oxygens (including phenoxy) is 1. The molecule has 11 heteroatoms. The van der Waals surface area contributed by atoms with Gasteiger partial charge in [-0.1, -0.05) is 11.8 Å². The van der Waals surface area contributed by atoms with Crippen molar-refractivity contribution in [3.05, 3.63) is 12.4 Å². The van der Waals surface area contributed by atoms with E-state index in [2.05, 4.69) is 15.3 Å². The van der Waals surface area contributed by atoms with E-state index in [0.29, 0.717) is 18.2 Å². The van der Waals surface area contributed by atoms with Gasteiger partial charge in [0.05, 0.1) is 11.2 Å². The summed E-state index contributed by atoms with van der Waals surface area (Å²) in [5, 5.41) is 3.46. The second-order valence-electron chi connectivity index (χ2n) is 10.9. The number of alkyl carbamates (subject to hydrolysis) is 1. The third-order valence-corrected chi connectivity index (χ3v) is 7.38. The molecule has 9 nitrogen and oxygen atoms in total. The number of aromatic nitrogens is 2. The molecule has 2 fully saturated rings. The van der Waals surface area contributed by atoms with Gasteiger partial charge in [-0.3, -0.25) is 4.79 Å². The molecule has 34 heavy (non-hydrogen) atoms. The highest BCUT2D eigenvalue weighted by Gasteiger charge is 2.52. The van der Waals surface area contributed by atoms with Crippen LogP contribution in [0.15, 0.2) is 17.6 Å². The van der Waals surface area contributed by atoms with Crippen LogP contribution in [0.3, 0.4) is 0 Å². The molecular formula is C23H37BN4O5S. The summed E-state index contributed by atoms with van der Waals surface area (Å²) in [6.45, 7) is 16.3. The van der Waals surface area contributed by atoms with Gasteiger partial charge in [0, 0.05) is 36.2 Å². The Hall–Kier alpha value is -1.85. The highest BCUT2D eigenvalue weighted by molar-refractivity contribution is 7.99. The predicted molar refractivity (Wildman–Crippen MR) is 132 cm³/mol.